The standard InChI is InChI=1S/C15H23NO3S2/c1-6-20-12-9-7-11(8-10-12)15(5,13(17)18)16-21(19)14(2,3)4/h7-10,16H,6H2,1-5H3,(H,17,18)/t15-,21?/m1/s1. The van der Waals surface area contributed by atoms with Crippen LogP contribution in [0.15, 0.2) is 29.2 Å². The Balaban J connectivity index is 3.10. The lowest BCUT2D eigenvalue weighted by molar-refractivity contribution is -0.143. The van der Waals surface area contributed by atoms with E-state index in [1.165, 1.54) is 0 Å². The largest absolute Gasteiger partial charge is 0.480 e. The van der Waals surface area contributed by atoms with E-state index < -0.39 is 27.2 Å². The third-order valence-corrected chi connectivity index (χ3v) is 5.62. The van der Waals surface area contributed by atoms with Gasteiger partial charge in [0.2, 0.25) is 0 Å². The minimum atomic E-state index is -1.47. The smallest absolute Gasteiger partial charge is 0.329 e. The number of carboxylic acid groups (broad SMARTS) is 1. The molecule has 1 rings (SSSR count). The van der Waals surface area contributed by atoms with Crippen molar-refractivity contribution < 1.29 is 14.1 Å². The molecule has 2 N–H and O–H groups in total. The average molecular weight is 329 g/mol. The van der Waals surface area contributed by atoms with Crippen molar-refractivity contribution in [3.63, 3.8) is 0 Å². The minimum Gasteiger partial charge on any atom is -0.480 e. The van der Waals surface area contributed by atoms with E-state index in [0.717, 1.165) is 10.6 Å². The fourth-order valence-electron chi connectivity index (χ4n) is 1.62. The van der Waals surface area contributed by atoms with Gasteiger partial charge in [0.25, 0.3) is 0 Å². The normalized spacial score (nSPS) is 16.2. The van der Waals surface area contributed by atoms with Crippen molar-refractivity contribution in [2.75, 3.05) is 5.75 Å². The maximum absolute atomic E-state index is 12.3. The van der Waals surface area contributed by atoms with Crippen LogP contribution in [0, 0.1) is 0 Å². The number of aliphatic carboxylic acids is 1. The van der Waals surface area contributed by atoms with Gasteiger partial charge in [0.05, 0.1) is 15.7 Å². The minimum absolute atomic E-state index is 0.533. The summed E-state index contributed by atoms with van der Waals surface area (Å²) in [5.41, 5.74) is -0.791. The van der Waals surface area contributed by atoms with Gasteiger partial charge in [-0.3, -0.25) is 0 Å². The number of nitrogens with one attached hydrogen (secondary N) is 1. The average Bonchev–Trinajstić information content (AvgIpc) is 2.38. The quantitative estimate of drug-likeness (QED) is 0.787. The fraction of sp³-hybridized carbons (Fsp3) is 0.533. The van der Waals surface area contributed by atoms with Crippen molar-refractivity contribution in [2.45, 2.75) is 49.8 Å². The maximum Gasteiger partial charge on any atom is 0.329 e. The van der Waals surface area contributed by atoms with Crippen molar-refractivity contribution in [3.05, 3.63) is 29.8 Å². The van der Waals surface area contributed by atoms with E-state index in [4.69, 9.17) is 0 Å². The Morgan fingerprint density at radius 3 is 2.14 bits per heavy atom. The summed E-state index contributed by atoms with van der Waals surface area (Å²) < 4.78 is 14.5. The molecule has 0 heterocycles. The van der Waals surface area contributed by atoms with Crippen molar-refractivity contribution in [1.82, 2.24) is 4.72 Å². The zero-order valence-electron chi connectivity index (χ0n) is 13.1. The molecule has 2 atom stereocenters. The second kappa shape index (κ2) is 6.94. The summed E-state index contributed by atoms with van der Waals surface area (Å²) in [6.07, 6.45) is 0. The SMILES string of the molecule is CCSc1ccc([C@@](C)(NS(=O)C(C)(C)C)C(=O)O)cc1. The van der Waals surface area contributed by atoms with Gasteiger partial charge in [0, 0.05) is 4.90 Å². The third kappa shape index (κ3) is 4.56. The zero-order valence-corrected chi connectivity index (χ0v) is 14.7. The Morgan fingerprint density at radius 1 is 1.24 bits per heavy atom. The van der Waals surface area contributed by atoms with Crippen LogP contribution in [0.4, 0.5) is 0 Å². The van der Waals surface area contributed by atoms with Crippen LogP contribution in [0.5, 0.6) is 0 Å². The van der Waals surface area contributed by atoms with Crippen LogP contribution >= 0.6 is 11.8 Å². The third-order valence-electron chi connectivity index (χ3n) is 3.02. The lowest BCUT2D eigenvalue weighted by atomic mass is 9.93. The van der Waals surface area contributed by atoms with Crippen LogP contribution in [0.1, 0.15) is 40.2 Å². The van der Waals surface area contributed by atoms with Gasteiger partial charge >= 0.3 is 5.97 Å². The zero-order chi connectivity index (χ0) is 16.3. The number of carbonyl (C=O) groups is 1. The Kier molecular flexibility index (Phi) is 6.01. The monoisotopic (exact) mass is 329 g/mol. The van der Waals surface area contributed by atoms with Crippen LogP contribution in [-0.2, 0) is 21.3 Å². The summed E-state index contributed by atoms with van der Waals surface area (Å²) >= 11 is 1.69. The van der Waals surface area contributed by atoms with E-state index in [1.807, 2.05) is 12.1 Å². The molecule has 0 fully saturated rings. The first-order valence-corrected chi connectivity index (χ1v) is 8.91. The van der Waals surface area contributed by atoms with Gasteiger partial charge in [-0.15, -0.1) is 11.8 Å². The first kappa shape index (κ1) is 18.2. The Hall–Kier alpha value is -0.850. The molecule has 21 heavy (non-hydrogen) atoms. The summed E-state index contributed by atoms with van der Waals surface area (Å²) in [7, 11) is -1.47. The molecular formula is C15H23NO3S2. The van der Waals surface area contributed by atoms with Gasteiger partial charge in [0.1, 0.15) is 0 Å². The molecule has 1 unspecified atom stereocenters. The maximum atomic E-state index is 12.3. The summed E-state index contributed by atoms with van der Waals surface area (Å²) in [6.45, 7) is 9.02. The van der Waals surface area contributed by atoms with Gasteiger partial charge in [-0.2, -0.15) is 0 Å². The van der Waals surface area contributed by atoms with Gasteiger partial charge in [-0.1, -0.05) is 19.1 Å². The highest BCUT2D eigenvalue weighted by atomic mass is 32.2. The molecule has 0 saturated carbocycles. The number of rotatable bonds is 6. The summed E-state index contributed by atoms with van der Waals surface area (Å²) in [5.74, 6) is -0.0852. The van der Waals surface area contributed by atoms with Crippen LogP contribution in [0.3, 0.4) is 0 Å². The number of benzene rings is 1. The van der Waals surface area contributed by atoms with Crippen LogP contribution in [0.25, 0.3) is 0 Å². The predicted octanol–water partition coefficient (Wildman–Crippen LogP) is 3.15. The van der Waals surface area contributed by atoms with Crippen LogP contribution in [0.2, 0.25) is 0 Å². The van der Waals surface area contributed by atoms with Crippen molar-refractivity contribution >= 4 is 28.7 Å². The van der Waals surface area contributed by atoms with Crippen LogP contribution in [-0.4, -0.2) is 25.8 Å². The molecule has 0 spiro atoms. The van der Waals surface area contributed by atoms with Crippen molar-refractivity contribution in [2.24, 2.45) is 0 Å². The number of carboxylic acids is 1. The molecule has 1 aromatic carbocycles. The molecule has 0 aliphatic carbocycles. The number of hydrogen-bond donors (Lipinski definition) is 2. The molecular weight excluding hydrogens is 306 g/mol. The molecule has 0 amide bonds. The molecule has 4 nitrogen and oxygen atoms in total. The van der Waals surface area contributed by atoms with E-state index in [2.05, 4.69) is 11.6 Å². The fourth-order valence-corrected chi connectivity index (χ4v) is 3.16. The second-order valence-corrected chi connectivity index (χ2v) is 9.17. The summed E-state index contributed by atoms with van der Waals surface area (Å²) in [4.78, 5) is 12.8. The Labute approximate surface area is 133 Å². The van der Waals surface area contributed by atoms with E-state index in [0.29, 0.717) is 5.56 Å². The van der Waals surface area contributed by atoms with Gasteiger partial charge in [-0.25, -0.2) is 13.7 Å². The number of thioether (sulfide) groups is 1. The molecule has 0 saturated heterocycles. The first-order valence-electron chi connectivity index (χ1n) is 6.77. The van der Waals surface area contributed by atoms with Gasteiger partial charge < -0.3 is 5.11 Å². The van der Waals surface area contributed by atoms with Gasteiger partial charge in [-0.05, 0) is 51.1 Å². The topological polar surface area (TPSA) is 66.4 Å². The van der Waals surface area contributed by atoms with E-state index >= 15 is 0 Å². The predicted molar refractivity (Wildman–Crippen MR) is 88.9 cm³/mol. The molecule has 1 aromatic rings. The molecule has 0 aliphatic rings. The highest BCUT2D eigenvalue weighted by molar-refractivity contribution is 7.99. The lowest BCUT2D eigenvalue weighted by Crippen LogP contribution is -2.51. The van der Waals surface area contributed by atoms with Crippen molar-refractivity contribution in [3.8, 4) is 0 Å². The molecule has 0 aliphatic heterocycles. The van der Waals surface area contributed by atoms with Crippen molar-refractivity contribution in [1.29, 1.82) is 0 Å². The highest BCUT2D eigenvalue weighted by Gasteiger charge is 2.39. The van der Waals surface area contributed by atoms with Crippen LogP contribution < -0.4 is 4.72 Å². The lowest BCUT2D eigenvalue weighted by Gasteiger charge is -2.30. The molecule has 118 valence electrons. The van der Waals surface area contributed by atoms with E-state index in [1.54, 1.807) is 51.6 Å². The van der Waals surface area contributed by atoms with E-state index in [-0.39, 0.29) is 0 Å². The van der Waals surface area contributed by atoms with Gasteiger partial charge in [0.15, 0.2) is 5.54 Å². The van der Waals surface area contributed by atoms with E-state index in [9.17, 15) is 14.1 Å². The molecule has 0 bridgehead atoms. The Bertz CT molecular complexity index is 523. The molecule has 0 radical (unpaired) electrons. The highest BCUT2D eigenvalue weighted by Crippen LogP contribution is 2.27. The molecule has 0 aromatic heterocycles. The first-order chi connectivity index (χ1) is 9.61. The second-order valence-electron chi connectivity index (χ2n) is 5.87. The summed E-state index contributed by atoms with van der Waals surface area (Å²) in [5, 5.41) is 9.57. The summed E-state index contributed by atoms with van der Waals surface area (Å²) in [6, 6.07) is 7.34. The molecule has 6 heteroatoms. The number of hydrogen-bond acceptors (Lipinski definition) is 3. The Morgan fingerprint density at radius 2 is 1.76 bits per heavy atom.